The maximum Gasteiger partial charge on any atom is 0.337 e. The summed E-state index contributed by atoms with van der Waals surface area (Å²) in [6, 6.07) is 11.1. The van der Waals surface area contributed by atoms with E-state index in [0.717, 1.165) is 6.07 Å². The van der Waals surface area contributed by atoms with E-state index in [2.05, 4.69) is 5.32 Å². The summed E-state index contributed by atoms with van der Waals surface area (Å²) < 4.78 is 13.7. The largest absolute Gasteiger partial charge is 0.478 e. The fraction of sp³-hybridized carbons (Fsp3) is 0. The lowest BCUT2D eigenvalue weighted by atomic mass is 10.1. The minimum absolute atomic E-state index is 0.189. The van der Waals surface area contributed by atoms with Crippen molar-refractivity contribution < 1.29 is 19.1 Å². The molecule has 104 valence electrons. The minimum Gasteiger partial charge on any atom is -0.478 e. The summed E-state index contributed by atoms with van der Waals surface area (Å²) in [7, 11) is 0. The highest BCUT2D eigenvalue weighted by atomic mass is 19.1. The molecule has 0 fully saturated rings. The van der Waals surface area contributed by atoms with Crippen molar-refractivity contribution in [2.45, 2.75) is 0 Å². The van der Waals surface area contributed by atoms with E-state index in [1.807, 2.05) is 6.07 Å². The number of rotatable bonds is 3. The van der Waals surface area contributed by atoms with Gasteiger partial charge in [0.15, 0.2) is 0 Å². The van der Waals surface area contributed by atoms with E-state index in [0.29, 0.717) is 5.56 Å². The van der Waals surface area contributed by atoms with E-state index < -0.39 is 17.7 Å². The second-order valence-electron chi connectivity index (χ2n) is 4.11. The molecule has 0 heterocycles. The number of carboxylic acid groups (broad SMARTS) is 1. The molecule has 2 N–H and O–H groups in total. The first-order valence-electron chi connectivity index (χ1n) is 5.86. The summed E-state index contributed by atoms with van der Waals surface area (Å²) in [5, 5.41) is 19.9. The molecule has 0 atom stereocenters. The number of nitrogens with zero attached hydrogens (tertiary/aromatic N) is 1. The number of amides is 1. The van der Waals surface area contributed by atoms with Gasteiger partial charge in [0.1, 0.15) is 5.82 Å². The molecule has 0 aliphatic heterocycles. The second-order valence-corrected chi connectivity index (χ2v) is 4.11. The number of hydrogen-bond acceptors (Lipinski definition) is 3. The number of nitriles is 1. The molecule has 0 unspecified atom stereocenters. The average molecular weight is 284 g/mol. The molecular formula is C15H9FN2O3. The van der Waals surface area contributed by atoms with Crippen LogP contribution in [0.5, 0.6) is 0 Å². The van der Waals surface area contributed by atoms with Crippen molar-refractivity contribution in [3.05, 3.63) is 65.0 Å². The molecular weight excluding hydrogens is 275 g/mol. The van der Waals surface area contributed by atoms with Crippen LogP contribution in [0, 0.1) is 17.1 Å². The Bertz CT molecular complexity index is 749. The van der Waals surface area contributed by atoms with Crippen LogP contribution in [0.4, 0.5) is 10.1 Å². The third-order valence-electron chi connectivity index (χ3n) is 2.76. The highest BCUT2D eigenvalue weighted by Gasteiger charge is 2.17. The van der Waals surface area contributed by atoms with Crippen LogP contribution in [0.15, 0.2) is 42.5 Å². The molecule has 0 aliphatic rings. The molecule has 0 saturated carbocycles. The van der Waals surface area contributed by atoms with Gasteiger partial charge >= 0.3 is 5.97 Å². The molecule has 0 saturated heterocycles. The van der Waals surface area contributed by atoms with E-state index in [1.54, 1.807) is 0 Å². The molecule has 0 radical (unpaired) electrons. The molecule has 5 nitrogen and oxygen atoms in total. The molecule has 0 bridgehead atoms. The SMILES string of the molecule is N#Cc1ccc(C(=O)Nc2c(F)cccc2C(=O)O)cc1. The van der Waals surface area contributed by atoms with Crippen molar-refractivity contribution in [2.75, 3.05) is 5.32 Å². The standard InChI is InChI=1S/C15H9FN2O3/c16-12-3-1-2-11(15(20)21)13(12)18-14(19)10-6-4-9(8-17)5-7-10/h1-7H,(H,18,19)(H,20,21). The second kappa shape index (κ2) is 5.84. The van der Waals surface area contributed by atoms with Crippen LogP contribution in [-0.4, -0.2) is 17.0 Å². The number of anilines is 1. The van der Waals surface area contributed by atoms with Gasteiger partial charge in [-0.25, -0.2) is 9.18 Å². The summed E-state index contributed by atoms with van der Waals surface area (Å²) in [6.45, 7) is 0. The lowest BCUT2D eigenvalue weighted by Crippen LogP contribution is -2.16. The van der Waals surface area contributed by atoms with Gasteiger partial charge in [-0.1, -0.05) is 6.07 Å². The van der Waals surface area contributed by atoms with Crippen molar-refractivity contribution >= 4 is 17.6 Å². The Labute approximate surface area is 119 Å². The number of para-hydroxylation sites is 1. The van der Waals surface area contributed by atoms with Crippen LogP contribution >= 0.6 is 0 Å². The van der Waals surface area contributed by atoms with Gasteiger partial charge in [-0.15, -0.1) is 0 Å². The van der Waals surface area contributed by atoms with Gasteiger partial charge in [0.05, 0.1) is 22.9 Å². The van der Waals surface area contributed by atoms with Crippen LogP contribution in [0.2, 0.25) is 0 Å². The maximum atomic E-state index is 13.7. The topological polar surface area (TPSA) is 90.2 Å². The first kappa shape index (κ1) is 14.2. The predicted octanol–water partition coefficient (Wildman–Crippen LogP) is 2.65. The van der Waals surface area contributed by atoms with E-state index in [-0.39, 0.29) is 16.8 Å². The Kier molecular flexibility index (Phi) is 3.95. The van der Waals surface area contributed by atoms with Crippen molar-refractivity contribution in [1.29, 1.82) is 5.26 Å². The Balaban J connectivity index is 2.31. The van der Waals surface area contributed by atoms with E-state index in [1.165, 1.54) is 36.4 Å². The van der Waals surface area contributed by atoms with E-state index in [9.17, 15) is 14.0 Å². The highest BCUT2D eigenvalue weighted by molar-refractivity contribution is 6.07. The number of halogens is 1. The van der Waals surface area contributed by atoms with Crippen molar-refractivity contribution in [3.8, 4) is 6.07 Å². The summed E-state index contributed by atoms with van der Waals surface area (Å²) >= 11 is 0. The summed E-state index contributed by atoms with van der Waals surface area (Å²) in [4.78, 5) is 23.0. The first-order chi connectivity index (χ1) is 10.0. The van der Waals surface area contributed by atoms with Crippen molar-refractivity contribution in [2.24, 2.45) is 0 Å². The van der Waals surface area contributed by atoms with Crippen LogP contribution in [-0.2, 0) is 0 Å². The summed E-state index contributed by atoms with van der Waals surface area (Å²) in [6.07, 6.45) is 0. The summed E-state index contributed by atoms with van der Waals surface area (Å²) in [5.74, 6) is -2.84. The van der Waals surface area contributed by atoms with Gasteiger partial charge in [-0.05, 0) is 36.4 Å². The Morgan fingerprint density at radius 2 is 1.81 bits per heavy atom. The molecule has 2 rings (SSSR count). The van der Waals surface area contributed by atoms with E-state index >= 15 is 0 Å². The molecule has 2 aromatic rings. The molecule has 0 spiro atoms. The number of benzene rings is 2. The van der Waals surface area contributed by atoms with Crippen LogP contribution < -0.4 is 5.32 Å². The highest BCUT2D eigenvalue weighted by Crippen LogP contribution is 2.20. The number of nitrogens with one attached hydrogen (secondary N) is 1. The number of carbonyl (C=O) groups is 2. The number of aromatic carboxylic acids is 1. The number of carboxylic acids is 1. The third-order valence-corrected chi connectivity index (χ3v) is 2.76. The lowest BCUT2D eigenvalue weighted by molar-refractivity contribution is 0.0697. The van der Waals surface area contributed by atoms with Gasteiger partial charge in [0.2, 0.25) is 0 Å². The van der Waals surface area contributed by atoms with Crippen LogP contribution in [0.3, 0.4) is 0 Å². The molecule has 1 amide bonds. The number of carbonyl (C=O) groups excluding carboxylic acids is 1. The minimum atomic E-state index is -1.34. The third kappa shape index (κ3) is 3.04. The average Bonchev–Trinajstić information content (AvgIpc) is 2.49. The Morgan fingerprint density at radius 1 is 1.14 bits per heavy atom. The first-order valence-corrected chi connectivity index (χ1v) is 5.86. The van der Waals surface area contributed by atoms with Gasteiger partial charge in [0.25, 0.3) is 5.91 Å². The monoisotopic (exact) mass is 284 g/mol. The molecule has 21 heavy (non-hydrogen) atoms. The fourth-order valence-electron chi connectivity index (χ4n) is 1.71. The zero-order valence-corrected chi connectivity index (χ0v) is 10.6. The van der Waals surface area contributed by atoms with Crippen LogP contribution in [0.1, 0.15) is 26.3 Å². The predicted molar refractivity (Wildman–Crippen MR) is 72.5 cm³/mol. The maximum absolute atomic E-state index is 13.7. The quantitative estimate of drug-likeness (QED) is 0.906. The molecule has 2 aromatic carbocycles. The van der Waals surface area contributed by atoms with Gasteiger partial charge in [-0.3, -0.25) is 4.79 Å². The van der Waals surface area contributed by atoms with Crippen molar-refractivity contribution in [1.82, 2.24) is 0 Å². The van der Waals surface area contributed by atoms with Crippen molar-refractivity contribution in [3.63, 3.8) is 0 Å². The normalized spacial score (nSPS) is 9.71. The zero-order valence-electron chi connectivity index (χ0n) is 10.6. The molecule has 0 aromatic heterocycles. The number of hydrogen-bond donors (Lipinski definition) is 2. The summed E-state index contributed by atoms with van der Waals surface area (Å²) in [5.41, 5.74) is -0.159. The Morgan fingerprint density at radius 3 is 2.38 bits per heavy atom. The van der Waals surface area contributed by atoms with E-state index in [4.69, 9.17) is 10.4 Å². The molecule has 0 aliphatic carbocycles. The Hall–Kier alpha value is -3.20. The molecule has 6 heteroatoms. The van der Waals surface area contributed by atoms with Gasteiger partial charge in [0, 0.05) is 5.56 Å². The van der Waals surface area contributed by atoms with Gasteiger partial charge < -0.3 is 10.4 Å². The van der Waals surface area contributed by atoms with Gasteiger partial charge in [-0.2, -0.15) is 5.26 Å². The smallest absolute Gasteiger partial charge is 0.337 e. The lowest BCUT2D eigenvalue weighted by Gasteiger charge is -2.09. The fourth-order valence-corrected chi connectivity index (χ4v) is 1.71. The van der Waals surface area contributed by atoms with Crippen LogP contribution in [0.25, 0.3) is 0 Å². The zero-order chi connectivity index (χ0) is 15.4.